The SMILES string of the molecule is O=C(O)c1c(S(=O)(=O)NCC2CCC(CO)CC2)sc2c1CCNC2. The smallest absolute Gasteiger partial charge is 0.338 e. The number of aliphatic hydroxyl groups excluding tert-OH is 1. The van der Waals surface area contributed by atoms with E-state index in [0.717, 1.165) is 41.9 Å². The molecule has 1 saturated carbocycles. The fourth-order valence-corrected chi connectivity index (χ4v) is 6.65. The first-order chi connectivity index (χ1) is 11.9. The number of carboxylic acid groups (broad SMARTS) is 1. The van der Waals surface area contributed by atoms with Gasteiger partial charge in [0.1, 0.15) is 4.21 Å². The largest absolute Gasteiger partial charge is 0.478 e. The summed E-state index contributed by atoms with van der Waals surface area (Å²) in [5.41, 5.74) is 0.595. The van der Waals surface area contributed by atoms with Gasteiger partial charge in [0.05, 0.1) is 5.56 Å². The average Bonchev–Trinajstić information content (AvgIpc) is 3.01. The number of aliphatic hydroxyl groups is 1. The zero-order valence-electron chi connectivity index (χ0n) is 14.0. The fraction of sp³-hybridized carbons (Fsp3) is 0.688. The van der Waals surface area contributed by atoms with Crippen molar-refractivity contribution in [3.05, 3.63) is 16.0 Å². The predicted octanol–water partition coefficient (Wildman–Crippen LogP) is 1.17. The van der Waals surface area contributed by atoms with Crippen LogP contribution < -0.4 is 10.0 Å². The van der Waals surface area contributed by atoms with Gasteiger partial charge in [0.2, 0.25) is 0 Å². The lowest BCUT2D eigenvalue weighted by Gasteiger charge is -2.27. The van der Waals surface area contributed by atoms with Gasteiger partial charge in [0, 0.05) is 24.6 Å². The van der Waals surface area contributed by atoms with Crippen molar-refractivity contribution in [3.63, 3.8) is 0 Å². The second-order valence-corrected chi connectivity index (χ2v) is 9.89. The van der Waals surface area contributed by atoms with Gasteiger partial charge < -0.3 is 15.5 Å². The molecule has 0 bridgehead atoms. The van der Waals surface area contributed by atoms with Crippen LogP contribution >= 0.6 is 11.3 Å². The van der Waals surface area contributed by atoms with Crippen LogP contribution in [-0.4, -0.2) is 44.3 Å². The second kappa shape index (κ2) is 7.71. The first kappa shape index (κ1) is 18.8. The summed E-state index contributed by atoms with van der Waals surface area (Å²) in [6, 6.07) is 0. The third kappa shape index (κ3) is 4.06. The van der Waals surface area contributed by atoms with Crippen LogP contribution in [0.3, 0.4) is 0 Å². The van der Waals surface area contributed by atoms with Gasteiger partial charge in [-0.3, -0.25) is 0 Å². The molecule has 1 aliphatic carbocycles. The van der Waals surface area contributed by atoms with E-state index >= 15 is 0 Å². The summed E-state index contributed by atoms with van der Waals surface area (Å²) in [6.45, 7) is 1.68. The lowest BCUT2D eigenvalue weighted by molar-refractivity contribution is 0.0692. The Morgan fingerprint density at radius 2 is 1.92 bits per heavy atom. The van der Waals surface area contributed by atoms with E-state index in [1.807, 2.05) is 0 Å². The molecule has 0 radical (unpaired) electrons. The Bertz CT molecular complexity index is 736. The molecule has 0 aromatic carbocycles. The lowest BCUT2D eigenvalue weighted by atomic mass is 9.82. The Hall–Kier alpha value is -1.00. The molecule has 0 spiro atoms. The van der Waals surface area contributed by atoms with Crippen LogP contribution in [0.5, 0.6) is 0 Å². The van der Waals surface area contributed by atoms with Gasteiger partial charge in [-0.05, 0) is 56.0 Å². The number of hydrogen-bond donors (Lipinski definition) is 4. The first-order valence-corrected chi connectivity index (χ1v) is 10.9. The maximum Gasteiger partial charge on any atom is 0.338 e. The highest BCUT2D eigenvalue weighted by Gasteiger charge is 2.32. The molecule has 1 aliphatic heterocycles. The number of nitrogens with one attached hydrogen (secondary N) is 2. The van der Waals surface area contributed by atoms with Crippen LogP contribution in [0.25, 0.3) is 0 Å². The van der Waals surface area contributed by atoms with Crippen LogP contribution in [0.15, 0.2) is 4.21 Å². The Morgan fingerprint density at radius 3 is 2.56 bits per heavy atom. The Kier molecular flexibility index (Phi) is 5.79. The first-order valence-electron chi connectivity index (χ1n) is 8.61. The topological polar surface area (TPSA) is 116 Å². The average molecular weight is 389 g/mol. The minimum Gasteiger partial charge on any atom is -0.478 e. The number of thiophene rings is 1. The van der Waals surface area contributed by atoms with Gasteiger partial charge in [-0.1, -0.05) is 0 Å². The van der Waals surface area contributed by atoms with E-state index in [0.29, 0.717) is 37.5 Å². The molecule has 9 heteroatoms. The van der Waals surface area contributed by atoms with E-state index in [4.69, 9.17) is 0 Å². The molecule has 140 valence electrons. The summed E-state index contributed by atoms with van der Waals surface area (Å²) in [4.78, 5) is 12.4. The number of aromatic carboxylic acids is 1. The third-order valence-corrected chi connectivity index (χ3v) is 8.31. The summed E-state index contributed by atoms with van der Waals surface area (Å²) in [5.74, 6) is -0.617. The van der Waals surface area contributed by atoms with Gasteiger partial charge >= 0.3 is 5.97 Å². The highest BCUT2D eigenvalue weighted by atomic mass is 32.2. The van der Waals surface area contributed by atoms with Crippen molar-refractivity contribution in [1.82, 2.24) is 10.0 Å². The molecule has 7 nitrogen and oxygen atoms in total. The summed E-state index contributed by atoms with van der Waals surface area (Å²) in [5, 5.41) is 21.8. The molecule has 1 fully saturated rings. The second-order valence-electron chi connectivity index (χ2n) is 6.82. The molecular formula is C16H24N2O5S2. The highest BCUT2D eigenvalue weighted by molar-refractivity contribution is 7.91. The quantitative estimate of drug-likeness (QED) is 0.581. The minimum atomic E-state index is -3.84. The number of sulfonamides is 1. The van der Waals surface area contributed by atoms with Crippen molar-refractivity contribution in [2.75, 3.05) is 19.7 Å². The van der Waals surface area contributed by atoms with Crippen molar-refractivity contribution >= 4 is 27.3 Å². The maximum atomic E-state index is 12.7. The van der Waals surface area contributed by atoms with Gasteiger partial charge in [-0.25, -0.2) is 17.9 Å². The van der Waals surface area contributed by atoms with E-state index in [1.165, 1.54) is 0 Å². The van der Waals surface area contributed by atoms with Crippen LogP contribution in [0.4, 0.5) is 0 Å². The van der Waals surface area contributed by atoms with Crippen LogP contribution in [-0.2, 0) is 23.0 Å². The van der Waals surface area contributed by atoms with Crippen molar-refractivity contribution in [2.24, 2.45) is 11.8 Å². The van der Waals surface area contributed by atoms with E-state index in [1.54, 1.807) is 0 Å². The number of hydrogen-bond acceptors (Lipinski definition) is 6. The molecule has 1 aromatic rings. The molecule has 2 heterocycles. The van der Waals surface area contributed by atoms with Crippen molar-refractivity contribution in [1.29, 1.82) is 0 Å². The molecule has 4 N–H and O–H groups in total. The zero-order valence-corrected chi connectivity index (χ0v) is 15.6. The summed E-state index contributed by atoms with van der Waals surface area (Å²) >= 11 is 1.06. The molecule has 3 rings (SSSR count). The molecule has 0 amide bonds. The molecule has 0 saturated heterocycles. The lowest BCUT2D eigenvalue weighted by Crippen LogP contribution is -2.32. The fourth-order valence-electron chi connectivity index (χ4n) is 3.63. The maximum absolute atomic E-state index is 12.7. The van der Waals surface area contributed by atoms with Crippen molar-refractivity contribution in [2.45, 2.75) is 42.9 Å². The van der Waals surface area contributed by atoms with E-state index < -0.39 is 16.0 Å². The molecule has 1 aromatic heterocycles. The summed E-state index contributed by atoms with van der Waals surface area (Å²) in [6.07, 6.45) is 4.10. The standard InChI is InChI=1S/C16H24N2O5S2/c19-9-11-3-1-10(2-4-11)7-18-25(22,23)16-14(15(20)21)12-5-6-17-8-13(12)24-16/h10-11,17-19H,1-9H2,(H,20,21). The monoisotopic (exact) mass is 388 g/mol. The third-order valence-electron chi connectivity index (χ3n) is 5.14. The zero-order chi connectivity index (χ0) is 18.0. The van der Waals surface area contributed by atoms with Gasteiger partial charge in [0.15, 0.2) is 0 Å². The van der Waals surface area contributed by atoms with E-state index in [2.05, 4.69) is 10.0 Å². The molecule has 25 heavy (non-hydrogen) atoms. The Labute approximate surface area is 151 Å². The molecule has 0 atom stereocenters. The Morgan fingerprint density at radius 1 is 1.24 bits per heavy atom. The van der Waals surface area contributed by atoms with Gasteiger partial charge in [-0.2, -0.15) is 0 Å². The van der Waals surface area contributed by atoms with E-state index in [-0.39, 0.29) is 22.3 Å². The summed E-state index contributed by atoms with van der Waals surface area (Å²) in [7, 11) is -3.84. The highest BCUT2D eigenvalue weighted by Crippen LogP contribution is 2.35. The molecule has 0 unspecified atom stereocenters. The van der Waals surface area contributed by atoms with Crippen LogP contribution in [0.1, 0.15) is 46.5 Å². The van der Waals surface area contributed by atoms with Crippen molar-refractivity contribution < 1.29 is 23.4 Å². The number of carboxylic acids is 1. The normalized spacial score (nSPS) is 24.0. The van der Waals surface area contributed by atoms with Crippen molar-refractivity contribution in [3.8, 4) is 0 Å². The molecule has 2 aliphatic rings. The molecular weight excluding hydrogens is 364 g/mol. The minimum absolute atomic E-state index is 0.0574. The van der Waals surface area contributed by atoms with Crippen LogP contribution in [0, 0.1) is 11.8 Å². The Balaban J connectivity index is 1.74. The number of carbonyl (C=O) groups is 1. The number of fused-ring (bicyclic) bond motifs is 1. The van der Waals surface area contributed by atoms with Gasteiger partial charge in [0.25, 0.3) is 10.0 Å². The van der Waals surface area contributed by atoms with Gasteiger partial charge in [-0.15, -0.1) is 11.3 Å². The summed E-state index contributed by atoms with van der Waals surface area (Å²) < 4.78 is 28.0. The van der Waals surface area contributed by atoms with E-state index in [9.17, 15) is 23.4 Å². The predicted molar refractivity (Wildman–Crippen MR) is 94.4 cm³/mol. The number of rotatable bonds is 6. The van der Waals surface area contributed by atoms with Crippen LogP contribution in [0.2, 0.25) is 0 Å².